The predicted molar refractivity (Wildman–Crippen MR) is 98.5 cm³/mol. The maximum Gasteiger partial charge on any atom is 0.407 e. The molecule has 0 unspecified atom stereocenters. The molecule has 0 aliphatic carbocycles. The summed E-state index contributed by atoms with van der Waals surface area (Å²) in [5, 5.41) is 3.10. The quantitative estimate of drug-likeness (QED) is 0.486. The molecule has 0 aromatic heterocycles. The monoisotopic (exact) mass is 358 g/mol. The number of nitrogen functional groups attached to an aromatic ring is 1. The lowest BCUT2D eigenvalue weighted by atomic mass is 10.2. The molecule has 0 aliphatic heterocycles. The van der Waals surface area contributed by atoms with Gasteiger partial charge in [0.2, 0.25) is 0 Å². The van der Waals surface area contributed by atoms with E-state index in [0.717, 1.165) is 5.56 Å². The molecule has 0 spiro atoms. The fourth-order valence-electron chi connectivity index (χ4n) is 2.00. The molecule has 1 amide bonds. The lowest BCUT2D eigenvalue weighted by Crippen LogP contribution is -2.24. The second-order valence-corrected chi connectivity index (χ2v) is 5.52. The van der Waals surface area contributed by atoms with E-state index < -0.39 is 6.09 Å². The Labute approximate surface area is 152 Å². The molecule has 5 nitrogen and oxygen atoms in total. The number of ether oxygens (including phenoxy) is 2. The number of benzene rings is 2. The summed E-state index contributed by atoms with van der Waals surface area (Å²) in [7, 11) is 1.53. The van der Waals surface area contributed by atoms with Crippen LogP contribution in [0.25, 0.3) is 0 Å². The molecule has 2 aromatic carbocycles. The van der Waals surface area contributed by atoms with Gasteiger partial charge < -0.3 is 20.5 Å². The van der Waals surface area contributed by atoms with Crippen molar-refractivity contribution in [3.63, 3.8) is 0 Å². The molecule has 0 saturated carbocycles. The van der Waals surface area contributed by atoms with Gasteiger partial charge >= 0.3 is 6.09 Å². The molecule has 0 atom stereocenters. The molecule has 0 fully saturated rings. The number of hydrogen-bond donors (Lipinski definition) is 2. The summed E-state index contributed by atoms with van der Waals surface area (Å²) in [6, 6.07) is 12.8. The molecule has 6 heteroatoms. The van der Waals surface area contributed by atoms with Gasteiger partial charge in [-0.15, -0.1) is 0 Å². The molecule has 130 valence electrons. The van der Waals surface area contributed by atoms with Crippen molar-refractivity contribution in [1.29, 1.82) is 0 Å². The van der Waals surface area contributed by atoms with Crippen molar-refractivity contribution in [2.75, 3.05) is 19.4 Å². The van der Waals surface area contributed by atoms with E-state index in [1.807, 2.05) is 30.3 Å². The molecule has 0 radical (unpaired) electrons. The number of methoxy groups -OCH3 is 1. The predicted octanol–water partition coefficient (Wildman–Crippen LogP) is 3.60. The van der Waals surface area contributed by atoms with Gasteiger partial charge in [-0.3, -0.25) is 0 Å². The Kier molecular flexibility index (Phi) is 7.00. The maximum absolute atomic E-state index is 11.6. The molecular formula is C19H19ClN2O3. The van der Waals surface area contributed by atoms with Gasteiger partial charge in [0.1, 0.15) is 12.4 Å². The number of hydrogen-bond acceptors (Lipinski definition) is 4. The zero-order chi connectivity index (χ0) is 18.1. The van der Waals surface area contributed by atoms with Gasteiger partial charge in [-0.25, -0.2) is 4.79 Å². The summed E-state index contributed by atoms with van der Waals surface area (Å²) in [6.45, 7) is 0.615. The molecule has 0 heterocycles. The first-order valence-electron chi connectivity index (χ1n) is 7.66. The van der Waals surface area contributed by atoms with Gasteiger partial charge in [0.15, 0.2) is 0 Å². The van der Waals surface area contributed by atoms with Crippen LogP contribution in [0, 0.1) is 11.8 Å². The van der Waals surface area contributed by atoms with E-state index in [0.29, 0.717) is 35.0 Å². The van der Waals surface area contributed by atoms with Gasteiger partial charge in [0, 0.05) is 18.5 Å². The molecule has 3 N–H and O–H groups in total. The largest absolute Gasteiger partial charge is 0.495 e. The first-order chi connectivity index (χ1) is 12.1. The SMILES string of the molecule is COc1cc(C#CCCNC(=O)OCc2ccccc2)c(Cl)cc1N. The van der Waals surface area contributed by atoms with E-state index in [-0.39, 0.29) is 6.61 Å². The van der Waals surface area contributed by atoms with Crippen LogP contribution in [-0.2, 0) is 11.3 Å². The molecule has 2 aromatic rings. The molecule has 25 heavy (non-hydrogen) atoms. The Balaban J connectivity index is 1.76. The Hall–Kier alpha value is -2.84. The zero-order valence-electron chi connectivity index (χ0n) is 13.8. The molecule has 0 bridgehead atoms. The number of carbonyl (C=O) groups excluding carboxylic acids is 1. The summed E-state index contributed by atoms with van der Waals surface area (Å²) < 4.78 is 10.2. The number of halogens is 1. The van der Waals surface area contributed by atoms with Crippen LogP contribution >= 0.6 is 11.6 Å². The van der Waals surface area contributed by atoms with E-state index in [1.165, 1.54) is 7.11 Å². The normalized spacial score (nSPS) is 9.68. The Morgan fingerprint density at radius 3 is 2.76 bits per heavy atom. The van der Waals surface area contributed by atoms with Crippen LogP contribution in [0.1, 0.15) is 17.5 Å². The summed E-state index contributed by atoms with van der Waals surface area (Å²) in [5.41, 5.74) is 7.78. The van der Waals surface area contributed by atoms with E-state index in [9.17, 15) is 4.79 Å². The van der Waals surface area contributed by atoms with Crippen LogP contribution in [-0.4, -0.2) is 19.7 Å². The van der Waals surface area contributed by atoms with Gasteiger partial charge in [0.05, 0.1) is 17.8 Å². The van der Waals surface area contributed by atoms with Crippen LogP contribution in [0.4, 0.5) is 10.5 Å². The van der Waals surface area contributed by atoms with Crippen molar-refractivity contribution in [3.05, 3.63) is 58.6 Å². The number of carbonyl (C=O) groups is 1. The fourth-order valence-corrected chi connectivity index (χ4v) is 2.22. The third kappa shape index (κ3) is 5.94. The summed E-state index contributed by atoms with van der Waals surface area (Å²) >= 11 is 6.09. The second-order valence-electron chi connectivity index (χ2n) is 5.11. The van der Waals surface area contributed by atoms with Crippen molar-refractivity contribution in [2.45, 2.75) is 13.0 Å². The minimum absolute atomic E-state index is 0.235. The van der Waals surface area contributed by atoms with Crippen molar-refractivity contribution in [3.8, 4) is 17.6 Å². The van der Waals surface area contributed by atoms with Crippen LogP contribution in [0.5, 0.6) is 5.75 Å². The lowest BCUT2D eigenvalue weighted by Gasteiger charge is -2.06. The summed E-state index contributed by atoms with van der Waals surface area (Å²) in [6.07, 6.45) is -0.0125. The summed E-state index contributed by atoms with van der Waals surface area (Å²) in [5.74, 6) is 6.40. The number of amides is 1. The minimum Gasteiger partial charge on any atom is -0.495 e. The molecule has 2 rings (SSSR count). The third-order valence-electron chi connectivity index (χ3n) is 3.27. The second kappa shape index (κ2) is 9.45. The number of anilines is 1. The van der Waals surface area contributed by atoms with Crippen LogP contribution in [0.2, 0.25) is 5.02 Å². The average Bonchev–Trinajstić information content (AvgIpc) is 2.62. The van der Waals surface area contributed by atoms with Crippen LogP contribution in [0.3, 0.4) is 0 Å². The van der Waals surface area contributed by atoms with E-state index in [1.54, 1.807) is 12.1 Å². The molecular weight excluding hydrogens is 340 g/mol. The molecule has 0 aliphatic rings. The van der Waals surface area contributed by atoms with Crippen molar-refractivity contribution < 1.29 is 14.3 Å². The van der Waals surface area contributed by atoms with Crippen LogP contribution < -0.4 is 15.8 Å². The summed E-state index contributed by atoms with van der Waals surface area (Å²) in [4.78, 5) is 11.6. The first-order valence-corrected chi connectivity index (χ1v) is 8.04. The van der Waals surface area contributed by atoms with Gasteiger partial charge in [-0.1, -0.05) is 53.8 Å². The number of rotatable bonds is 5. The highest BCUT2D eigenvalue weighted by molar-refractivity contribution is 6.32. The fraction of sp³-hybridized carbons (Fsp3) is 0.211. The highest BCUT2D eigenvalue weighted by Gasteiger charge is 2.05. The lowest BCUT2D eigenvalue weighted by molar-refractivity contribution is 0.140. The van der Waals surface area contributed by atoms with Gasteiger partial charge in [-0.05, 0) is 17.7 Å². The smallest absolute Gasteiger partial charge is 0.407 e. The highest BCUT2D eigenvalue weighted by Crippen LogP contribution is 2.28. The third-order valence-corrected chi connectivity index (χ3v) is 3.59. The Morgan fingerprint density at radius 1 is 1.28 bits per heavy atom. The topological polar surface area (TPSA) is 73.6 Å². The van der Waals surface area contributed by atoms with E-state index >= 15 is 0 Å². The van der Waals surface area contributed by atoms with E-state index in [2.05, 4.69) is 17.2 Å². The van der Waals surface area contributed by atoms with Gasteiger partial charge in [0.25, 0.3) is 0 Å². The van der Waals surface area contributed by atoms with E-state index in [4.69, 9.17) is 26.8 Å². The number of nitrogens with two attached hydrogens (primary N) is 1. The highest BCUT2D eigenvalue weighted by atomic mass is 35.5. The van der Waals surface area contributed by atoms with Crippen LogP contribution in [0.15, 0.2) is 42.5 Å². The number of alkyl carbamates (subject to hydrolysis) is 1. The maximum atomic E-state index is 11.6. The molecule has 0 saturated heterocycles. The Morgan fingerprint density at radius 2 is 2.04 bits per heavy atom. The minimum atomic E-state index is -0.474. The van der Waals surface area contributed by atoms with Gasteiger partial charge in [-0.2, -0.15) is 0 Å². The first kappa shape index (κ1) is 18.5. The zero-order valence-corrected chi connectivity index (χ0v) is 14.6. The van der Waals surface area contributed by atoms with Crippen molar-refractivity contribution in [1.82, 2.24) is 5.32 Å². The van der Waals surface area contributed by atoms with Crippen molar-refractivity contribution in [2.24, 2.45) is 0 Å². The Bertz CT molecular complexity index is 782. The van der Waals surface area contributed by atoms with Crippen molar-refractivity contribution >= 4 is 23.4 Å². The average molecular weight is 359 g/mol. The standard InChI is InChI=1S/C19H19ClN2O3/c1-24-18-11-15(16(20)12-17(18)21)9-5-6-10-22-19(23)25-13-14-7-3-2-4-8-14/h2-4,7-8,11-12H,6,10,13,21H2,1H3,(H,22,23). The number of nitrogens with one attached hydrogen (secondary N) is 1.